The summed E-state index contributed by atoms with van der Waals surface area (Å²) in [6.45, 7) is 8.31. The molecule has 0 aliphatic carbocycles. The minimum Gasteiger partial charge on any atom is -0.326 e. The van der Waals surface area contributed by atoms with Gasteiger partial charge in [-0.25, -0.2) is 12.7 Å². The first-order chi connectivity index (χ1) is 9.72. The first kappa shape index (κ1) is 16.5. The van der Waals surface area contributed by atoms with E-state index in [-0.39, 0.29) is 11.2 Å². The molecule has 1 saturated heterocycles. The van der Waals surface area contributed by atoms with E-state index in [4.69, 9.17) is 5.73 Å². The minimum absolute atomic E-state index is 0.0781. The van der Waals surface area contributed by atoms with Gasteiger partial charge in [-0.15, -0.1) is 0 Å². The third-order valence-corrected chi connectivity index (χ3v) is 6.19. The first-order valence-electron chi connectivity index (χ1n) is 7.48. The van der Waals surface area contributed by atoms with Gasteiger partial charge in [0.15, 0.2) is 0 Å². The molecule has 4 nitrogen and oxygen atoms in total. The van der Waals surface area contributed by atoms with Crippen LogP contribution in [0.4, 0.5) is 0 Å². The van der Waals surface area contributed by atoms with Crippen molar-refractivity contribution in [2.75, 3.05) is 13.1 Å². The maximum absolute atomic E-state index is 12.5. The SMILES string of the molecule is CC(C)(C)C1CCN(S(=O)(=O)Cc2ccc(CN)cc2)C1. The van der Waals surface area contributed by atoms with Crippen molar-refractivity contribution in [3.63, 3.8) is 0 Å². The van der Waals surface area contributed by atoms with Crippen LogP contribution in [-0.4, -0.2) is 25.8 Å². The van der Waals surface area contributed by atoms with E-state index in [1.807, 2.05) is 24.3 Å². The third-order valence-electron chi connectivity index (χ3n) is 4.38. The molecule has 0 amide bonds. The van der Waals surface area contributed by atoms with Crippen molar-refractivity contribution in [2.24, 2.45) is 17.1 Å². The Balaban J connectivity index is 2.05. The van der Waals surface area contributed by atoms with Gasteiger partial charge in [0, 0.05) is 19.6 Å². The molecule has 21 heavy (non-hydrogen) atoms. The number of hydrogen-bond acceptors (Lipinski definition) is 3. The quantitative estimate of drug-likeness (QED) is 0.928. The van der Waals surface area contributed by atoms with Crippen LogP contribution in [-0.2, 0) is 22.3 Å². The molecule has 5 heteroatoms. The Labute approximate surface area is 128 Å². The second kappa shape index (κ2) is 6.07. The van der Waals surface area contributed by atoms with Gasteiger partial charge in [0.1, 0.15) is 0 Å². The second-order valence-corrected chi connectivity index (χ2v) is 8.96. The molecule has 1 aromatic carbocycles. The average molecular weight is 310 g/mol. The van der Waals surface area contributed by atoms with Crippen LogP contribution in [0.2, 0.25) is 0 Å². The molecule has 1 aliphatic rings. The van der Waals surface area contributed by atoms with Crippen molar-refractivity contribution in [3.05, 3.63) is 35.4 Å². The highest BCUT2D eigenvalue weighted by molar-refractivity contribution is 7.88. The van der Waals surface area contributed by atoms with Crippen molar-refractivity contribution in [1.29, 1.82) is 0 Å². The average Bonchev–Trinajstić information content (AvgIpc) is 2.89. The van der Waals surface area contributed by atoms with E-state index in [0.29, 0.717) is 25.6 Å². The van der Waals surface area contributed by atoms with Crippen LogP contribution in [0.5, 0.6) is 0 Å². The fraction of sp³-hybridized carbons (Fsp3) is 0.625. The van der Waals surface area contributed by atoms with Crippen LogP contribution in [0, 0.1) is 11.3 Å². The van der Waals surface area contributed by atoms with Crippen LogP contribution in [0.3, 0.4) is 0 Å². The second-order valence-electron chi connectivity index (χ2n) is 6.99. The molecule has 1 unspecified atom stereocenters. The number of benzene rings is 1. The highest BCUT2D eigenvalue weighted by Crippen LogP contribution is 2.35. The molecule has 1 aromatic rings. The lowest BCUT2D eigenvalue weighted by molar-refractivity contribution is 0.252. The third kappa shape index (κ3) is 4.05. The monoisotopic (exact) mass is 310 g/mol. The molecule has 2 rings (SSSR count). The molecule has 1 aliphatic heterocycles. The Kier molecular flexibility index (Phi) is 4.76. The Morgan fingerprint density at radius 3 is 2.24 bits per heavy atom. The Morgan fingerprint density at radius 2 is 1.76 bits per heavy atom. The predicted octanol–water partition coefficient (Wildman–Crippen LogP) is 2.34. The van der Waals surface area contributed by atoms with Crippen LogP contribution in [0.1, 0.15) is 38.3 Å². The van der Waals surface area contributed by atoms with Gasteiger partial charge in [-0.3, -0.25) is 0 Å². The molecular formula is C16H26N2O2S. The molecule has 118 valence electrons. The molecule has 0 aromatic heterocycles. The number of nitrogens with two attached hydrogens (primary N) is 1. The maximum atomic E-state index is 12.5. The molecule has 0 spiro atoms. The van der Waals surface area contributed by atoms with Gasteiger partial charge >= 0.3 is 0 Å². The number of rotatable bonds is 4. The molecule has 0 bridgehead atoms. The fourth-order valence-electron chi connectivity index (χ4n) is 2.76. The van der Waals surface area contributed by atoms with Crippen molar-refractivity contribution in [3.8, 4) is 0 Å². The lowest BCUT2D eigenvalue weighted by Gasteiger charge is -2.26. The summed E-state index contributed by atoms with van der Waals surface area (Å²) in [5.41, 5.74) is 7.56. The zero-order chi connectivity index (χ0) is 15.7. The number of nitrogens with zero attached hydrogens (tertiary/aromatic N) is 1. The summed E-state index contributed by atoms with van der Waals surface area (Å²) in [5.74, 6) is 0.515. The summed E-state index contributed by atoms with van der Waals surface area (Å²) in [6, 6.07) is 7.51. The highest BCUT2D eigenvalue weighted by atomic mass is 32.2. The smallest absolute Gasteiger partial charge is 0.218 e. The van der Waals surface area contributed by atoms with E-state index in [9.17, 15) is 8.42 Å². The predicted molar refractivity (Wildman–Crippen MR) is 86.1 cm³/mol. The minimum atomic E-state index is -3.22. The van der Waals surface area contributed by atoms with Gasteiger partial charge in [0.05, 0.1) is 5.75 Å². The summed E-state index contributed by atoms with van der Waals surface area (Å²) in [7, 11) is -3.22. The molecular weight excluding hydrogens is 284 g/mol. The highest BCUT2D eigenvalue weighted by Gasteiger charge is 2.36. The topological polar surface area (TPSA) is 63.4 Å². The summed E-state index contributed by atoms with van der Waals surface area (Å²) in [6.07, 6.45) is 0.953. The maximum Gasteiger partial charge on any atom is 0.218 e. The van der Waals surface area contributed by atoms with Crippen LogP contribution < -0.4 is 5.73 Å². The van der Waals surface area contributed by atoms with Crippen LogP contribution in [0.25, 0.3) is 0 Å². The normalized spacial score (nSPS) is 20.9. The van der Waals surface area contributed by atoms with E-state index >= 15 is 0 Å². The van der Waals surface area contributed by atoms with Gasteiger partial charge in [-0.1, -0.05) is 45.0 Å². The summed E-state index contributed by atoms with van der Waals surface area (Å²) in [5, 5.41) is 0. The van der Waals surface area contributed by atoms with Gasteiger partial charge in [0.25, 0.3) is 0 Å². The summed E-state index contributed by atoms with van der Waals surface area (Å²) in [4.78, 5) is 0. The van der Waals surface area contributed by atoms with Gasteiger partial charge in [-0.05, 0) is 28.9 Å². The zero-order valence-electron chi connectivity index (χ0n) is 13.2. The summed E-state index contributed by atoms with van der Waals surface area (Å²) >= 11 is 0. The van der Waals surface area contributed by atoms with Crippen LogP contribution in [0.15, 0.2) is 24.3 Å². The van der Waals surface area contributed by atoms with E-state index in [0.717, 1.165) is 17.5 Å². The van der Waals surface area contributed by atoms with E-state index in [1.54, 1.807) is 4.31 Å². The Bertz CT molecular complexity index is 573. The Hall–Kier alpha value is -0.910. The molecule has 1 heterocycles. The number of sulfonamides is 1. The van der Waals surface area contributed by atoms with Crippen molar-refractivity contribution in [2.45, 2.75) is 39.5 Å². The molecule has 1 atom stereocenters. The molecule has 2 N–H and O–H groups in total. The van der Waals surface area contributed by atoms with E-state index in [2.05, 4.69) is 20.8 Å². The zero-order valence-corrected chi connectivity index (χ0v) is 14.0. The largest absolute Gasteiger partial charge is 0.326 e. The number of hydrogen-bond donors (Lipinski definition) is 1. The first-order valence-corrected chi connectivity index (χ1v) is 9.09. The van der Waals surface area contributed by atoms with E-state index < -0.39 is 10.0 Å². The summed E-state index contributed by atoms with van der Waals surface area (Å²) < 4.78 is 26.7. The Morgan fingerprint density at radius 1 is 1.19 bits per heavy atom. The van der Waals surface area contributed by atoms with Crippen molar-refractivity contribution in [1.82, 2.24) is 4.31 Å². The standard InChI is InChI=1S/C16H26N2O2S/c1-16(2,3)15-8-9-18(11-15)21(19,20)12-14-6-4-13(10-17)5-7-14/h4-7,15H,8-12,17H2,1-3H3. The van der Waals surface area contributed by atoms with Gasteiger partial charge in [-0.2, -0.15) is 0 Å². The molecule has 0 radical (unpaired) electrons. The molecule has 0 saturated carbocycles. The van der Waals surface area contributed by atoms with Gasteiger partial charge < -0.3 is 5.73 Å². The van der Waals surface area contributed by atoms with Gasteiger partial charge in [0.2, 0.25) is 10.0 Å². The van der Waals surface area contributed by atoms with Crippen LogP contribution >= 0.6 is 0 Å². The lowest BCUT2D eigenvalue weighted by Crippen LogP contribution is -2.32. The van der Waals surface area contributed by atoms with Crippen molar-refractivity contribution >= 4 is 10.0 Å². The lowest BCUT2D eigenvalue weighted by atomic mass is 9.80. The van der Waals surface area contributed by atoms with E-state index in [1.165, 1.54) is 0 Å². The molecule has 1 fully saturated rings. The fourth-order valence-corrected chi connectivity index (χ4v) is 4.35. The van der Waals surface area contributed by atoms with Crippen molar-refractivity contribution < 1.29 is 8.42 Å².